The van der Waals surface area contributed by atoms with Gasteiger partial charge in [0.15, 0.2) is 0 Å². The van der Waals surface area contributed by atoms with Gasteiger partial charge in [-0.25, -0.2) is 13.4 Å². The minimum Gasteiger partial charge on any atom is -0.390 e. The zero-order valence-corrected chi connectivity index (χ0v) is 26.3. The van der Waals surface area contributed by atoms with Crippen molar-refractivity contribution in [3.05, 3.63) is 70.8 Å². The van der Waals surface area contributed by atoms with E-state index in [-0.39, 0.29) is 18.0 Å². The van der Waals surface area contributed by atoms with Gasteiger partial charge in [0.25, 0.3) is 11.8 Å². The van der Waals surface area contributed by atoms with E-state index >= 15 is 0 Å². The molecule has 2 rings (SSSR count). The standard InChI is InChI=1S/C32H46N4O5S/c1-7-16-35(17-8-2)32(39)28-20-25(10-4)19-27(22-28)31(38)33-29(21-26-14-12-11-13-15-26)30(37)23-36(18-9-3)34-42(40,41)24(5)6/h4,11-15,19-20,22,24,29-30,34,37H,7-9,16-18,21,23H2,1-3,5-6H3,(H,33,38). The summed E-state index contributed by atoms with van der Waals surface area (Å²) in [5.74, 6) is 1.84. The Labute approximate surface area is 251 Å². The Bertz CT molecular complexity index is 1300. The van der Waals surface area contributed by atoms with Crippen LogP contribution >= 0.6 is 0 Å². The minimum atomic E-state index is -3.63. The van der Waals surface area contributed by atoms with E-state index in [2.05, 4.69) is 16.1 Å². The molecule has 2 unspecified atom stereocenters. The number of carbonyl (C=O) groups is 2. The van der Waals surface area contributed by atoms with Gasteiger partial charge in [-0.05, 0) is 63.3 Å². The Balaban J connectivity index is 2.39. The van der Waals surface area contributed by atoms with E-state index in [1.54, 1.807) is 30.9 Å². The number of nitrogens with zero attached hydrogens (tertiary/aromatic N) is 2. The highest BCUT2D eigenvalue weighted by atomic mass is 32.2. The average molecular weight is 599 g/mol. The molecule has 2 aromatic carbocycles. The molecule has 3 N–H and O–H groups in total. The van der Waals surface area contributed by atoms with E-state index in [9.17, 15) is 23.1 Å². The van der Waals surface area contributed by atoms with Crippen molar-refractivity contribution in [2.75, 3.05) is 26.2 Å². The molecule has 10 heteroatoms. The molecule has 2 aromatic rings. The number of sulfonamides is 1. The first-order valence-electron chi connectivity index (χ1n) is 14.7. The molecule has 230 valence electrons. The Morgan fingerprint density at radius 2 is 1.55 bits per heavy atom. The Morgan fingerprint density at radius 1 is 0.952 bits per heavy atom. The maximum absolute atomic E-state index is 13.6. The van der Waals surface area contributed by atoms with Crippen LogP contribution in [0, 0.1) is 12.3 Å². The molecular weight excluding hydrogens is 552 g/mol. The monoisotopic (exact) mass is 598 g/mol. The Kier molecular flexibility index (Phi) is 14.2. The molecule has 0 spiro atoms. The third kappa shape index (κ3) is 10.6. The van der Waals surface area contributed by atoms with Crippen molar-refractivity contribution in [2.45, 2.75) is 77.7 Å². The van der Waals surface area contributed by atoms with Gasteiger partial charge in [0, 0.05) is 42.9 Å². The van der Waals surface area contributed by atoms with Crippen molar-refractivity contribution < 1.29 is 23.1 Å². The molecule has 0 fully saturated rings. The van der Waals surface area contributed by atoms with Crippen LogP contribution in [0.15, 0.2) is 48.5 Å². The number of aliphatic hydroxyl groups excluding tert-OH is 1. The molecule has 0 bridgehead atoms. The van der Waals surface area contributed by atoms with Crippen molar-refractivity contribution in [3.63, 3.8) is 0 Å². The summed E-state index contributed by atoms with van der Waals surface area (Å²) in [5.41, 5.74) is 1.82. The predicted octanol–water partition coefficient (Wildman–Crippen LogP) is 3.59. The number of rotatable bonds is 17. The molecular formula is C32H46N4O5S. The van der Waals surface area contributed by atoms with Crippen molar-refractivity contribution in [2.24, 2.45) is 0 Å². The van der Waals surface area contributed by atoms with Crippen LogP contribution in [0.4, 0.5) is 0 Å². The maximum Gasteiger partial charge on any atom is 0.253 e. The van der Waals surface area contributed by atoms with Gasteiger partial charge in [0.2, 0.25) is 10.0 Å². The molecule has 0 radical (unpaired) electrons. The Hall–Kier alpha value is -3.23. The summed E-state index contributed by atoms with van der Waals surface area (Å²) in [4.78, 5) is 31.2. The predicted molar refractivity (Wildman–Crippen MR) is 167 cm³/mol. The summed E-state index contributed by atoms with van der Waals surface area (Å²) in [6, 6.07) is 13.3. The number of hydrogen-bond donors (Lipinski definition) is 3. The highest BCUT2D eigenvalue weighted by Crippen LogP contribution is 2.16. The summed E-state index contributed by atoms with van der Waals surface area (Å²) in [6.07, 6.45) is 7.10. The summed E-state index contributed by atoms with van der Waals surface area (Å²) in [7, 11) is -3.63. The van der Waals surface area contributed by atoms with Gasteiger partial charge in [-0.3, -0.25) is 9.59 Å². The van der Waals surface area contributed by atoms with Crippen LogP contribution in [0.5, 0.6) is 0 Å². The summed E-state index contributed by atoms with van der Waals surface area (Å²) in [5, 5.41) is 15.1. The number of amides is 2. The second-order valence-corrected chi connectivity index (χ2v) is 12.9. The lowest BCUT2D eigenvalue weighted by atomic mass is 9.99. The van der Waals surface area contributed by atoms with Crippen LogP contribution in [0.3, 0.4) is 0 Å². The topological polar surface area (TPSA) is 119 Å². The summed E-state index contributed by atoms with van der Waals surface area (Å²) >= 11 is 0. The van der Waals surface area contributed by atoms with E-state index < -0.39 is 33.3 Å². The zero-order valence-electron chi connectivity index (χ0n) is 25.5. The SMILES string of the molecule is C#Cc1cc(C(=O)NC(Cc2ccccc2)C(O)CN(CCC)NS(=O)(=O)C(C)C)cc(C(=O)N(CCC)CCC)c1. The lowest BCUT2D eigenvalue weighted by Crippen LogP contribution is -2.54. The number of carbonyl (C=O) groups excluding carboxylic acids is 2. The first-order chi connectivity index (χ1) is 19.9. The van der Waals surface area contributed by atoms with Crippen molar-refractivity contribution in [1.82, 2.24) is 20.1 Å². The molecule has 0 saturated carbocycles. The third-order valence-electron chi connectivity index (χ3n) is 6.74. The highest BCUT2D eigenvalue weighted by Gasteiger charge is 2.28. The largest absolute Gasteiger partial charge is 0.390 e. The van der Waals surface area contributed by atoms with Gasteiger partial charge in [0.1, 0.15) is 0 Å². The third-order valence-corrected chi connectivity index (χ3v) is 8.49. The maximum atomic E-state index is 13.6. The minimum absolute atomic E-state index is 0.0469. The zero-order chi connectivity index (χ0) is 31.3. The van der Waals surface area contributed by atoms with E-state index in [4.69, 9.17) is 6.42 Å². The van der Waals surface area contributed by atoms with Crippen molar-refractivity contribution in [1.29, 1.82) is 0 Å². The molecule has 2 atom stereocenters. The van der Waals surface area contributed by atoms with Crippen molar-refractivity contribution >= 4 is 21.8 Å². The van der Waals surface area contributed by atoms with Gasteiger partial charge >= 0.3 is 0 Å². The first-order valence-corrected chi connectivity index (χ1v) is 16.2. The quantitative estimate of drug-likeness (QED) is 0.189. The van der Waals surface area contributed by atoms with E-state index in [0.717, 1.165) is 18.4 Å². The Morgan fingerprint density at radius 3 is 2.10 bits per heavy atom. The first kappa shape index (κ1) is 35.0. The van der Waals surface area contributed by atoms with E-state index in [1.165, 1.54) is 11.1 Å². The molecule has 0 heterocycles. The van der Waals surface area contributed by atoms with Crippen LogP contribution in [0.1, 0.15) is 85.7 Å². The lowest BCUT2D eigenvalue weighted by molar-refractivity contribution is 0.0618. The molecule has 2 amide bonds. The van der Waals surface area contributed by atoms with Crippen LogP contribution in [-0.4, -0.2) is 78.8 Å². The smallest absolute Gasteiger partial charge is 0.253 e. The molecule has 9 nitrogen and oxygen atoms in total. The van der Waals surface area contributed by atoms with Crippen LogP contribution in [0.25, 0.3) is 0 Å². The van der Waals surface area contributed by atoms with Crippen molar-refractivity contribution in [3.8, 4) is 12.3 Å². The van der Waals surface area contributed by atoms with Gasteiger partial charge in [0.05, 0.1) is 17.4 Å². The fourth-order valence-corrected chi connectivity index (χ4v) is 5.22. The number of terminal acetylenes is 1. The molecule has 0 aliphatic rings. The second kappa shape index (κ2) is 17.0. The lowest BCUT2D eigenvalue weighted by Gasteiger charge is -2.30. The second-order valence-electron chi connectivity index (χ2n) is 10.7. The highest BCUT2D eigenvalue weighted by molar-refractivity contribution is 7.90. The number of nitrogens with one attached hydrogen (secondary N) is 2. The molecule has 42 heavy (non-hydrogen) atoms. The normalized spacial score (nSPS) is 13.0. The number of hydrazine groups is 1. The van der Waals surface area contributed by atoms with Crippen LogP contribution in [-0.2, 0) is 16.4 Å². The van der Waals surface area contributed by atoms with E-state index in [0.29, 0.717) is 43.6 Å². The molecule has 0 saturated heterocycles. The van der Waals surface area contributed by atoms with Gasteiger partial charge in [-0.2, -0.15) is 0 Å². The van der Waals surface area contributed by atoms with E-state index in [1.807, 2.05) is 51.1 Å². The summed E-state index contributed by atoms with van der Waals surface area (Å²) in [6.45, 7) is 10.6. The summed E-state index contributed by atoms with van der Waals surface area (Å²) < 4.78 is 25.1. The number of aliphatic hydroxyl groups is 1. The van der Waals surface area contributed by atoms with Gasteiger partial charge in [-0.15, -0.1) is 11.3 Å². The molecule has 0 aromatic heterocycles. The van der Waals surface area contributed by atoms with Gasteiger partial charge < -0.3 is 15.3 Å². The van der Waals surface area contributed by atoms with Gasteiger partial charge in [-0.1, -0.05) is 57.0 Å². The fraction of sp³-hybridized carbons (Fsp3) is 0.500. The van der Waals surface area contributed by atoms with Crippen LogP contribution in [0.2, 0.25) is 0 Å². The number of benzene rings is 2. The molecule has 0 aliphatic carbocycles. The average Bonchev–Trinajstić information content (AvgIpc) is 2.96. The number of hydrogen-bond acceptors (Lipinski definition) is 6. The molecule has 0 aliphatic heterocycles. The fourth-order valence-electron chi connectivity index (χ4n) is 4.49. The van der Waals surface area contributed by atoms with Crippen LogP contribution < -0.4 is 10.1 Å².